The van der Waals surface area contributed by atoms with Crippen LogP contribution >= 0.6 is 0 Å². The van der Waals surface area contributed by atoms with Crippen LogP contribution in [0.15, 0.2) is 0 Å². The molecule has 0 aromatic carbocycles. The molecular formula is C14H23N. The minimum Gasteiger partial charge on any atom is -0.198 e. The summed E-state index contributed by atoms with van der Waals surface area (Å²) in [6.07, 6.45) is 11.7. The molecule has 2 fully saturated rings. The zero-order chi connectivity index (χ0) is 10.7. The van der Waals surface area contributed by atoms with E-state index in [1.165, 1.54) is 51.4 Å². The van der Waals surface area contributed by atoms with E-state index in [2.05, 4.69) is 13.0 Å². The molecule has 1 nitrogen and oxygen atoms in total. The van der Waals surface area contributed by atoms with Crippen molar-refractivity contribution < 1.29 is 0 Å². The number of fused-ring (bicyclic) bond motifs is 1. The van der Waals surface area contributed by atoms with E-state index in [0.29, 0.717) is 0 Å². The second-order valence-electron chi connectivity index (χ2n) is 5.69. The summed E-state index contributed by atoms with van der Waals surface area (Å²) in [6, 6.07) is 2.65. The maximum Gasteiger partial charge on any atom is 0.0689 e. The van der Waals surface area contributed by atoms with Crippen LogP contribution in [-0.2, 0) is 0 Å². The highest BCUT2D eigenvalue weighted by atomic mass is 14.5. The SMILES string of the molecule is CCCC1(C#N)CC[C@@H]2CCCC[C@H]2C1. The van der Waals surface area contributed by atoms with Crippen molar-refractivity contribution in [1.82, 2.24) is 0 Å². The van der Waals surface area contributed by atoms with Crippen molar-refractivity contribution in [1.29, 1.82) is 5.26 Å². The summed E-state index contributed by atoms with van der Waals surface area (Å²) in [5, 5.41) is 9.41. The molecule has 84 valence electrons. The molecule has 2 saturated carbocycles. The zero-order valence-corrected chi connectivity index (χ0v) is 9.97. The molecule has 1 heteroatoms. The smallest absolute Gasteiger partial charge is 0.0689 e. The van der Waals surface area contributed by atoms with Gasteiger partial charge in [-0.05, 0) is 37.5 Å². The highest BCUT2D eigenvalue weighted by Crippen LogP contribution is 2.49. The summed E-state index contributed by atoms with van der Waals surface area (Å²) in [5.74, 6) is 1.86. The highest BCUT2D eigenvalue weighted by molar-refractivity contribution is 5.03. The third-order valence-corrected chi connectivity index (χ3v) is 4.68. The quantitative estimate of drug-likeness (QED) is 0.660. The van der Waals surface area contributed by atoms with Crippen LogP contribution in [-0.4, -0.2) is 0 Å². The topological polar surface area (TPSA) is 23.8 Å². The summed E-state index contributed by atoms with van der Waals surface area (Å²) < 4.78 is 0. The van der Waals surface area contributed by atoms with Gasteiger partial charge in [0, 0.05) is 0 Å². The van der Waals surface area contributed by atoms with Crippen molar-refractivity contribution in [3.8, 4) is 6.07 Å². The van der Waals surface area contributed by atoms with E-state index < -0.39 is 0 Å². The summed E-state index contributed by atoms with van der Waals surface area (Å²) in [4.78, 5) is 0. The van der Waals surface area contributed by atoms with Crippen molar-refractivity contribution >= 4 is 0 Å². The van der Waals surface area contributed by atoms with Crippen LogP contribution in [0.4, 0.5) is 0 Å². The molecule has 0 heterocycles. The first-order chi connectivity index (χ1) is 7.29. The Kier molecular flexibility index (Phi) is 3.34. The Balaban J connectivity index is 2.03. The van der Waals surface area contributed by atoms with Crippen LogP contribution in [0.1, 0.15) is 64.7 Å². The molecule has 0 radical (unpaired) electrons. The lowest BCUT2D eigenvalue weighted by Gasteiger charge is -2.43. The van der Waals surface area contributed by atoms with Gasteiger partial charge in [0.05, 0.1) is 11.5 Å². The predicted octanol–water partition coefficient (Wildman–Crippen LogP) is 4.29. The molecule has 3 atom stereocenters. The highest BCUT2D eigenvalue weighted by Gasteiger charge is 2.40. The fraction of sp³-hybridized carbons (Fsp3) is 0.929. The Morgan fingerprint density at radius 3 is 2.60 bits per heavy atom. The van der Waals surface area contributed by atoms with E-state index in [1.54, 1.807) is 0 Å². The first-order valence-electron chi connectivity index (χ1n) is 6.71. The fourth-order valence-electron chi connectivity index (χ4n) is 3.86. The third kappa shape index (κ3) is 2.19. The lowest BCUT2D eigenvalue weighted by atomic mass is 9.60. The third-order valence-electron chi connectivity index (χ3n) is 4.68. The molecule has 0 aromatic heterocycles. The second kappa shape index (κ2) is 4.56. The van der Waals surface area contributed by atoms with Gasteiger partial charge in [0.15, 0.2) is 0 Å². The van der Waals surface area contributed by atoms with Gasteiger partial charge in [-0.3, -0.25) is 0 Å². The van der Waals surface area contributed by atoms with Crippen LogP contribution in [0.3, 0.4) is 0 Å². The predicted molar refractivity (Wildman–Crippen MR) is 62.3 cm³/mol. The number of rotatable bonds is 2. The van der Waals surface area contributed by atoms with Crippen molar-refractivity contribution in [2.45, 2.75) is 64.7 Å². The van der Waals surface area contributed by atoms with E-state index >= 15 is 0 Å². The molecule has 0 saturated heterocycles. The zero-order valence-electron chi connectivity index (χ0n) is 9.97. The lowest BCUT2D eigenvalue weighted by molar-refractivity contribution is 0.0880. The van der Waals surface area contributed by atoms with Crippen molar-refractivity contribution in [3.05, 3.63) is 0 Å². The van der Waals surface area contributed by atoms with Crippen LogP contribution in [0.2, 0.25) is 0 Å². The summed E-state index contributed by atoms with van der Waals surface area (Å²) in [6.45, 7) is 2.21. The largest absolute Gasteiger partial charge is 0.198 e. The Labute approximate surface area is 93.9 Å². The molecule has 0 aliphatic heterocycles. The summed E-state index contributed by atoms with van der Waals surface area (Å²) >= 11 is 0. The molecule has 0 spiro atoms. The van der Waals surface area contributed by atoms with Crippen molar-refractivity contribution in [3.63, 3.8) is 0 Å². The molecule has 0 amide bonds. The maximum atomic E-state index is 9.41. The Morgan fingerprint density at radius 1 is 1.20 bits per heavy atom. The first-order valence-corrected chi connectivity index (χ1v) is 6.71. The van der Waals surface area contributed by atoms with Crippen molar-refractivity contribution in [2.24, 2.45) is 17.3 Å². The molecule has 0 bridgehead atoms. The molecule has 2 aliphatic rings. The van der Waals surface area contributed by atoms with Crippen LogP contribution < -0.4 is 0 Å². The average Bonchev–Trinajstić information content (AvgIpc) is 2.29. The van der Waals surface area contributed by atoms with E-state index in [9.17, 15) is 5.26 Å². The normalized spacial score (nSPS) is 40.5. The Hall–Kier alpha value is -0.510. The van der Waals surface area contributed by atoms with Gasteiger partial charge in [-0.2, -0.15) is 5.26 Å². The molecule has 1 unspecified atom stereocenters. The maximum absolute atomic E-state index is 9.41. The van der Waals surface area contributed by atoms with Gasteiger partial charge in [0.2, 0.25) is 0 Å². The van der Waals surface area contributed by atoms with Gasteiger partial charge in [0.25, 0.3) is 0 Å². The average molecular weight is 205 g/mol. The number of hydrogen-bond donors (Lipinski definition) is 0. The van der Waals surface area contributed by atoms with Gasteiger partial charge in [-0.15, -0.1) is 0 Å². The van der Waals surface area contributed by atoms with E-state index in [-0.39, 0.29) is 5.41 Å². The fourth-order valence-corrected chi connectivity index (χ4v) is 3.86. The first kappa shape index (κ1) is 11.0. The van der Waals surface area contributed by atoms with Crippen LogP contribution in [0.5, 0.6) is 0 Å². The standard InChI is InChI=1S/C14H23N/c1-2-8-14(11-15)9-7-12-5-3-4-6-13(12)10-14/h12-13H,2-10H2,1H3/t12-,13-,14?/m0/s1. The van der Waals surface area contributed by atoms with E-state index in [1.807, 2.05) is 0 Å². The molecular weight excluding hydrogens is 182 g/mol. The summed E-state index contributed by atoms with van der Waals surface area (Å²) in [5.41, 5.74) is 0.0628. The van der Waals surface area contributed by atoms with Crippen LogP contribution in [0.25, 0.3) is 0 Å². The van der Waals surface area contributed by atoms with Gasteiger partial charge in [-0.25, -0.2) is 0 Å². The van der Waals surface area contributed by atoms with Gasteiger partial charge >= 0.3 is 0 Å². The van der Waals surface area contributed by atoms with E-state index in [4.69, 9.17) is 0 Å². The number of nitriles is 1. The molecule has 15 heavy (non-hydrogen) atoms. The van der Waals surface area contributed by atoms with E-state index in [0.717, 1.165) is 18.3 Å². The van der Waals surface area contributed by atoms with Gasteiger partial charge in [0.1, 0.15) is 0 Å². The molecule has 0 N–H and O–H groups in total. The minimum atomic E-state index is 0.0628. The van der Waals surface area contributed by atoms with Gasteiger partial charge in [-0.1, -0.05) is 39.0 Å². The lowest BCUT2D eigenvalue weighted by Crippen LogP contribution is -2.34. The number of nitrogens with zero attached hydrogens (tertiary/aromatic N) is 1. The number of hydrogen-bond acceptors (Lipinski definition) is 1. The van der Waals surface area contributed by atoms with Crippen molar-refractivity contribution in [2.75, 3.05) is 0 Å². The summed E-state index contributed by atoms with van der Waals surface area (Å²) in [7, 11) is 0. The molecule has 0 aromatic rings. The molecule has 2 rings (SSSR count). The van der Waals surface area contributed by atoms with Gasteiger partial charge < -0.3 is 0 Å². The second-order valence-corrected chi connectivity index (χ2v) is 5.69. The minimum absolute atomic E-state index is 0.0628. The Bertz CT molecular complexity index is 253. The monoisotopic (exact) mass is 205 g/mol. The Morgan fingerprint density at radius 2 is 1.93 bits per heavy atom. The van der Waals surface area contributed by atoms with Crippen LogP contribution in [0, 0.1) is 28.6 Å². The molecule has 2 aliphatic carbocycles.